The summed E-state index contributed by atoms with van der Waals surface area (Å²) in [6, 6.07) is 12.4. The van der Waals surface area contributed by atoms with Gasteiger partial charge in [-0.25, -0.2) is 12.8 Å². The first-order valence-electron chi connectivity index (χ1n) is 7.51. The third-order valence-corrected chi connectivity index (χ3v) is 5.58. The minimum atomic E-state index is -3.36. The molecule has 2 aromatic rings. The third kappa shape index (κ3) is 6.13. The molecule has 0 aliphatic rings. The second kappa shape index (κ2) is 8.96. The van der Waals surface area contributed by atoms with Crippen LogP contribution in [-0.4, -0.2) is 33.2 Å². The molecule has 2 rings (SSSR count). The van der Waals surface area contributed by atoms with E-state index >= 15 is 0 Å². The van der Waals surface area contributed by atoms with Crippen molar-refractivity contribution in [3.63, 3.8) is 0 Å². The monoisotopic (exact) mass is 429 g/mol. The highest BCUT2D eigenvalue weighted by Crippen LogP contribution is 2.21. The fraction of sp³-hybridized carbons (Fsp3) is 0.235. The molecule has 5 nitrogen and oxygen atoms in total. The quantitative estimate of drug-likeness (QED) is 0.654. The number of carbonyl (C=O) groups is 1. The molecule has 0 fully saturated rings. The predicted molar refractivity (Wildman–Crippen MR) is 95.7 cm³/mol. The second-order valence-corrected chi connectivity index (χ2v) is 8.22. The number of ether oxygens (including phenoxy) is 1. The Labute approximate surface area is 154 Å². The molecule has 1 amide bonds. The van der Waals surface area contributed by atoms with E-state index in [1.807, 2.05) is 0 Å². The van der Waals surface area contributed by atoms with E-state index in [4.69, 9.17) is 4.74 Å². The number of nitrogens with one attached hydrogen (secondary N) is 1. The number of halogens is 2. The average Bonchev–Trinajstić information content (AvgIpc) is 2.59. The molecule has 0 radical (unpaired) electrons. The van der Waals surface area contributed by atoms with Gasteiger partial charge in [-0.2, -0.15) is 0 Å². The van der Waals surface area contributed by atoms with Gasteiger partial charge in [-0.1, -0.05) is 34.1 Å². The molecule has 2 aromatic carbocycles. The number of sulfone groups is 1. The number of benzene rings is 2. The van der Waals surface area contributed by atoms with Crippen LogP contribution in [0.4, 0.5) is 4.39 Å². The van der Waals surface area contributed by atoms with E-state index in [1.165, 1.54) is 24.3 Å². The summed E-state index contributed by atoms with van der Waals surface area (Å²) in [6.45, 7) is -0.152. The van der Waals surface area contributed by atoms with Crippen molar-refractivity contribution in [3.05, 3.63) is 58.8 Å². The van der Waals surface area contributed by atoms with Crippen molar-refractivity contribution >= 4 is 31.7 Å². The SMILES string of the molecule is O=C(COc1ccc(Br)cc1F)NCCCS(=O)(=O)c1ccccc1. The Morgan fingerprint density at radius 3 is 2.56 bits per heavy atom. The molecule has 0 aliphatic heterocycles. The number of rotatable bonds is 8. The molecule has 1 N–H and O–H groups in total. The van der Waals surface area contributed by atoms with Crippen LogP contribution in [0.1, 0.15) is 6.42 Å². The summed E-state index contributed by atoms with van der Waals surface area (Å²) in [5.41, 5.74) is 0. The molecule has 0 spiro atoms. The van der Waals surface area contributed by atoms with E-state index in [2.05, 4.69) is 21.2 Å². The summed E-state index contributed by atoms with van der Waals surface area (Å²) in [6.07, 6.45) is 0.273. The molecule has 8 heteroatoms. The minimum absolute atomic E-state index is 0.0231. The zero-order chi connectivity index (χ0) is 18.3. The Morgan fingerprint density at radius 1 is 1.16 bits per heavy atom. The van der Waals surface area contributed by atoms with Crippen molar-refractivity contribution in [3.8, 4) is 5.75 Å². The van der Waals surface area contributed by atoms with Gasteiger partial charge in [0.05, 0.1) is 10.6 Å². The summed E-state index contributed by atoms with van der Waals surface area (Å²) >= 11 is 3.13. The van der Waals surface area contributed by atoms with E-state index in [1.54, 1.807) is 24.3 Å². The predicted octanol–water partition coefficient (Wildman–Crippen LogP) is 2.95. The van der Waals surface area contributed by atoms with Gasteiger partial charge in [0.2, 0.25) is 0 Å². The zero-order valence-corrected chi connectivity index (χ0v) is 15.6. The number of amides is 1. The lowest BCUT2D eigenvalue weighted by Crippen LogP contribution is -2.30. The van der Waals surface area contributed by atoms with Crippen molar-refractivity contribution in [2.24, 2.45) is 0 Å². The minimum Gasteiger partial charge on any atom is -0.481 e. The van der Waals surface area contributed by atoms with Crippen molar-refractivity contribution in [2.45, 2.75) is 11.3 Å². The van der Waals surface area contributed by atoms with Crippen molar-refractivity contribution < 1.29 is 22.3 Å². The summed E-state index contributed by atoms with van der Waals surface area (Å²) in [5, 5.41) is 2.55. The Hall–Kier alpha value is -1.93. The van der Waals surface area contributed by atoms with Gasteiger partial charge < -0.3 is 10.1 Å². The number of hydrogen-bond acceptors (Lipinski definition) is 4. The lowest BCUT2D eigenvalue weighted by atomic mass is 10.3. The van der Waals surface area contributed by atoms with Crippen LogP contribution in [-0.2, 0) is 14.6 Å². The largest absolute Gasteiger partial charge is 0.481 e. The first-order chi connectivity index (χ1) is 11.9. The molecule has 0 aliphatic carbocycles. The van der Waals surface area contributed by atoms with Crippen LogP contribution in [0.5, 0.6) is 5.75 Å². The number of hydrogen-bond donors (Lipinski definition) is 1. The highest BCUT2D eigenvalue weighted by Gasteiger charge is 2.13. The molecule has 0 bridgehead atoms. The number of carbonyl (C=O) groups excluding carboxylic acids is 1. The van der Waals surface area contributed by atoms with Crippen LogP contribution in [0, 0.1) is 5.82 Å². The maximum absolute atomic E-state index is 13.5. The Kier molecular flexibility index (Phi) is 6.95. The topological polar surface area (TPSA) is 72.5 Å². The summed E-state index contributed by atoms with van der Waals surface area (Å²) < 4.78 is 43.4. The van der Waals surface area contributed by atoms with Gasteiger partial charge in [-0.15, -0.1) is 0 Å². The van der Waals surface area contributed by atoms with Crippen LogP contribution in [0.2, 0.25) is 0 Å². The van der Waals surface area contributed by atoms with Crippen LogP contribution in [0.15, 0.2) is 57.9 Å². The smallest absolute Gasteiger partial charge is 0.257 e. The van der Waals surface area contributed by atoms with Gasteiger partial charge in [0.25, 0.3) is 5.91 Å². The first-order valence-corrected chi connectivity index (χ1v) is 9.95. The van der Waals surface area contributed by atoms with E-state index in [9.17, 15) is 17.6 Å². The Balaban J connectivity index is 1.72. The van der Waals surface area contributed by atoms with E-state index < -0.39 is 21.6 Å². The van der Waals surface area contributed by atoms with E-state index in [0.29, 0.717) is 4.47 Å². The lowest BCUT2D eigenvalue weighted by Gasteiger charge is -2.09. The Bertz CT molecular complexity index is 828. The van der Waals surface area contributed by atoms with Crippen molar-refractivity contribution in [2.75, 3.05) is 18.9 Å². The molecule has 0 unspecified atom stereocenters. The molecule has 25 heavy (non-hydrogen) atoms. The fourth-order valence-electron chi connectivity index (χ4n) is 2.02. The third-order valence-electron chi connectivity index (χ3n) is 3.27. The highest BCUT2D eigenvalue weighted by molar-refractivity contribution is 9.10. The van der Waals surface area contributed by atoms with Crippen LogP contribution in [0.3, 0.4) is 0 Å². The van der Waals surface area contributed by atoms with Crippen LogP contribution < -0.4 is 10.1 Å². The van der Waals surface area contributed by atoms with E-state index in [-0.39, 0.29) is 36.0 Å². The molecule has 0 aromatic heterocycles. The lowest BCUT2D eigenvalue weighted by molar-refractivity contribution is -0.123. The van der Waals surface area contributed by atoms with Gasteiger partial charge >= 0.3 is 0 Å². The van der Waals surface area contributed by atoms with Crippen LogP contribution in [0.25, 0.3) is 0 Å². The second-order valence-electron chi connectivity index (χ2n) is 5.20. The molecule has 0 atom stereocenters. The molecular weight excluding hydrogens is 413 g/mol. The van der Waals surface area contributed by atoms with Gasteiger partial charge in [-0.05, 0) is 36.8 Å². The van der Waals surface area contributed by atoms with Gasteiger partial charge in [0.1, 0.15) is 0 Å². The maximum atomic E-state index is 13.5. The average molecular weight is 430 g/mol. The Morgan fingerprint density at radius 2 is 1.88 bits per heavy atom. The molecule has 0 saturated heterocycles. The standard InChI is InChI=1S/C17H17BrFNO4S/c18-13-7-8-16(15(19)11-13)24-12-17(21)20-9-4-10-25(22,23)14-5-2-1-3-6-14/h1-3,5-8,11H,4,9-10,12H2,(H,20,21). The molecular formula is C17H17BrFNO4S. The van der Waals surface area contributed by atoms with E-state index in [0.717, 1.165) is 0 Å². The molecule has 0 heterocycles. The summed E-state index contributed by atoms with van der Waals surface area (Å²) in [7, 11) is -3.36. The van der Waals surface area contributed by atoms with Crippen LogP contribution >= 0.6 is 15.9 Å². The fourth-order valence-corrected chi connectivity index (χ4v) is 3.69. The normalized spacial score (nSPS) is 11.1. The zero-order valence-electron chi connectivity index (χ0n) is 13.2. The van der Waals surface area contributed by atoms with Crippen molar-refractivity contribution in [1.82, 2.24) is 5.32 Å². The van der Waals surface area contributed by atoms with Gasteiger partial charge in [-0.3, -0.25) is 4.79 Å². The summed E-state index contributed by atoms with van der Waals surface area (Å²) in [4.78, 5) is 11.9. The summed E-state index contributed by atoms with van der Waals surface area (Å²) in [5.74, 6) is -1.11. The van der Waals surface area contributed by atoms with Gasteiger partial charge in [0, 0.05) is 11.0 Å². The van der Waals surface area contributed by atoms with Crippen molar-refractivity contribution in [1.29, 1.82) is 0 Å². The first kappa shape index (κ1) is 19.4. The highest BCUT2D eigenvalue weighted by atomic mass is 79.9. The van der Waals surface area contributed by atoms with Gasteiger partial charge in [0.15, 0.2) is 28.0 Å². The maximum Gasteiger partial charge on any atom is 0.257 e. The molecule has 0 saturated carbocycles. The molecule has 134 valence electrons.